The quantitative estimate of drug-likeness (QED) is 0.800. The monoisotopic (exact) mass is 303 g/mol. The summed E-state index contributed by atoms with van der Waals surface area (Å²) in [6.07, 6.45) is 1.94. The van der Waals surface area contributed by atoms with Crippen LogP contribution in [0.5, 0.6) is 5.75 Å². The van der Waals surface area contributed by atoms with E-state index in [1.54, 1.807) is 0 Å². The van der Waals surface area contributed by atoms with E-state index in [0.29, 0.717) is 30.9 Å². The van der Waals surface area contributed by atoms with E-state index in [1.165, 1.54) is 0 Å². The van der Waals surface area contributed by atoms with Gasteiger partial charge in [-0.1, -0.05) is 12.1 Å². The van der Waals surface area contributed by atoms with Gasteiger partial charge in [-0.25, -0.2) is 0 Å². The van der Waals surface area contributed by atoms with E-state index in [9.17, 15) is 9.59 Å². The number of ether oxygens (including phenoxy) is 2. The van der Waals surface area contributed by atoms with E-state index < -0.39 is 5.60 Å². The first kappa shape index (κ1) is 15.0. The van der Waals surface area contributed by atoms with Gasteiger partial charge in [-0.05, 0) is 19.1 Å². The molecule has 0 saturated carbocycles. The Morgan fingerprint density at radius 2 is 2.05 bits per heavy atom. The zero-order valence-corrected chi connectivity index (χ0v) is 12.8. The maximum atomic E-state index is 12.3. The molecular weight excluding hydrogens is 282 g/mol. The minimum atomic E-state index is -0.406. The van der Waals surface area contributed by atoms with Gasteiger partial charge in [0.2, 0.25) is 0 Å². The Hall–Kier alpha value is -1.88. The normalized spacial score (nSPS) is 20.3. The minimum absolute atomic E-state index is 0.153. The zero-order valence-electron chi connectivity index (χ0n) is 12.8. The fraction of sp³-hybridized carbons (Fsp3) is 0.529. The summed E-state index contributed by atoms with van der Waals surface area (Å²) >= 11 is 0. The average Bonchev–Trinajstić information content (AvgIpc) is 2.50. The number of para-hydroxylation sites is 1. The topological polar surface area (TPSA) is 55.8 Å². The summed E-state index contributed by atoms with van der Waals surface area (Å²) < 4.78 is 11.1. The third-order valence-corrected chi connectivity index (χ3v) is 4.42. The molecule has 0 amide bonds. The highest BCUT2D eigenvalue weighted by atomic mass is 16.5. The summed E-state index contributed by atoms with van der Waals surface area (Å²) in [6, 6.07) is 7.43. The number of piperidine rings is 1. The van der Waals surface area contributed by atoms with Crippen molar-refractivity contribution < 1.29 is 19.1 Å². The molecule has 0 N–H and O–H groups in total. The fourth-order valence-corrected chi connectivity index (χ4v) is 3.23. The van der Waals surface area contributed by atoms with Crippen molar-refractivity contribution in [2.75, 3.05) is 26.2 Å². The van der Waals surface area contributed by atoms with Crippen LogP contribution >= 0.6 is 0 Å². The second-order valence-corrected chi connectivity index (χ2v) is 5.96. The van der Waals surface area contributed by atoms with Gasteiger partial charge >= 0.3 is 5.97 Å². The summed E-state index contributed by atoms with van der Waals surface area (Å²) in [7, 11) is 0. The number of benzene rings is 1. The van der Waals surface area contributed by atoms with Crippen LogP contribution in [0.2, 0.25) is 0 Å². The van der Waals surface area contributed by atoms with Crippen LogP contribution in [0.4, 0.5) is 0 Å². The molecule has 3 rings (SSSR count). The predicted octanol–water partition coefficient (Wildman–Crippen LogP) is 2.05. The number of rotatable bonds is 3. The molecule has 0 aromatic heterocycles. The molecule has 1 saturated heterocycles. The third-order valence-electron chi connectivity index (χ3n) is 4.42. The highest BCUT2D eigenvalue weighted by molar-refractivity contribution is 6.00. The number of Topliss-reactive ketones (excluding diaryl/α,β-unsaturated/α-hetero) is 1. The first-order valence-electron chi connectivity index (χ1n) is 7.81. The SMILES string of the molecule is CCOC(=O)CN1CCC2(CC1)CC(=O)c1ccccc1O2. The van der Waals surface area contributed by atoms with Gasteiger partial charge in [0, 0.05) is 25.9 Å². The van der Waals surface area contributed by atoms with E-state index in [1.807, 2.05) is 31.2 Å². The van der Waals surface area contributed by atoms with Crippen molar-refractivity contribution >= 4 is 11.8 Å². The average molecular weight is 303 g/mol. The van der Waals surface area contributed by atoms with E-state index in [2.05, 4.69) is 4.90 Å². The lowest BCUT2D eigenvalue weighted by Gasteiger charge is -2.43. The van der Waals surface area contributed by atoms with Crippen molar-refractivity contribution in [3.8, 4) is 5.75 Å². The van der Waals surface area contributed by atoms with Crippen LogP contribution in [0.15, 0.2) is 24.3 Å². The Morgan fingerprint density at radius 1 is 1.32 bits per heavy atom. The molecule has 5 nitrogen and oxygen atoms in total. The van der Waals surface area contributed by atoms with E-state index in [0.717, 1.165) is 25.9 Å². The number of hydrogen-bond donors (Lipinski definition) is 0. The number of hydrogen-bond acceptors (Lipinski definition) is 5. The Balaban J connectivity index is 1.64. The Labute approximate surface area is 130 Å². The van der Waals surface area contributed by atoms with Gasteiger partial charge in [0.1, 0.15) is 11.4 Å². The standard InChI is InChI=1S/C17H21NO4/c1-2-21-16(20)12-18-9-7-17(8-10-18)11-14(19)13-5-3-4-6-15(13)22-17/h3-6H,2,7-12H2,1H3. The van der Waals surface area contributed by atoms with Crippen LogP contribution in [-0.4, -0.2) is 48.5 Å². The molecule has 0 aliphatic carbocycles. The van der Waals surface area contributed by atoms with E-state index in [4.69, 9.17) is 9.47 Å². The number of carbonyl (C=O) groups is 2. The first-order valence-corrected chi connectivity index (χ1v) is 7.81. The number of carbonyl (C=O) groups excluding carboxylic acids is 2. The lowest BCUT2D eigenvalue weighted by Crippen LogP contribution is -2.51. The smallest absolute Gasteiger partial charge is 0.320 e. The molecule has 22 heavy (non-hydrogen) atoms. The highest BCUT2D eigenvalue weighted by Crippen LogP contribution is 2.39. The second kappa shape index (κ2) is 6.08. The molecule has 1 spiro atoms. The lowest BCUT2D eigenvalue weighted by molar-refractivity contribution is -0.145. The first-order chi connectivity index (χ1) is 10.6. The van der Waals surface area contributed by atoms with Crippen LogP contribution in [0, 0.1) is 0 Å². The fourth-order valence-electron chi connectivity index (χ4n) is 3.23. The Bertz CT molecular complexity index is 576. The molecule has 0 bridgehead atoms. The molecule has 0 radical (unpaired) electrons. The molecule has 0 unspecified atom stereocenters. The van der Waals surface area contributed by atoms with Gasteiger partial charge in [-0.3, -0.25) is 14.5 Å². The van der Waals surface area contributed by atoms with E-state index in [-0.39, 0.29) is 11.8 Å². The predicted molar refractivity (Wildman–Crippen MR) is 81.1 cm³/mol. The van der Waals surface area contributed by atoms with E-state index >= 15 is 0 Å². The van der Waals surface area contributed by atoms with Gasteiger partial charge in [-0.2, -0.15) is 0 Å². The zero-order chi connectivity index (χ0) is 15.6. The van der Waals surface area contributed by atoms with Crippen LogP contribution in [-0.2, 0) is 9.53 Å². The van der Waals surface area contributed by atoms with Crippen molar-refractivity contribution in [3.05, 3.63) is 29.8 Å². The summed E-state index contributed by atoms with van der Waals surface area (Å²) in [5, 5.41) is 0. The summed E-state index contributed by atoms with van der Waals surface area (Å²) in [5.74, 6) is 0.655. The number of esters is 1. The van der Waals surface area contributed by atoms with Crippen molar-refractivity contribution in [1.29, 1.82) is 0 Å². The van der Waals surface area contributed by atoms with Gasteiger partial charge in [0.25, 0.3) is 0 Å². The molecule has 1 aromatic carbocycles. The van der Waals surface area contributed by atoms with Crippen molar-refractivity contribution in [1.82, 2.24) is 4.90 Å². The molecule has 0 atom stereocenters. The Kier molecular flexibility index (Phi) is 4.16. The number of ketones is 1. The number of fused-ring (bicyclic) bond motifs is 1. The lowest BCUT2D eigenvalue weighted by atomic mass is 9.82. The molecule has 1 aromatic rings. The maximum Gasteiger partial charge on any atom is 0.320 e. The largest absolute Gasteiger partial charge is 0.486 e. The van der Waals surface area contributed by atoms with Gasteiger partial charge in [0.15, 0.2) is 5.78 Å². The van der Waals surface area contributed by atoms with Crippen LogP contribution in [0.1, 0.15) is 36.5 Å². The molecule has 5 heteroatoms. The number of nitrogens with zero attached hydrogens (tertiary/aromatic N) is 1. The van der Waals surface area contributed by atoms with Crippen LogP contribution in [0.25, 0.3) is 0 Å². The minimum Gasteiger partial charge on any atom is -0.486 e. The van der Waals surface area contributed by atoms with Crippen LogP contribution in [0.3, 0.4) is 0 Å². The summed E-state index contributed by atoms with van der Waals surface area (Å²) in [6.45, 7) is 4.02. The van der Waals surface area contributed by atoms with Gasteiger partial charge in [0.05, 0.1) is 25.1 Å². The maximum absolute atomic E-state index is 12.3. The molecule has 2 heterocycles. The van der Waals surface area contributed by atoms with Gasteiger partial charge < -0.3 is 9.47 Å². The summed E-state index contributed by atoms with van der Waals surface area (Å²) in [5.41, 5.74) is 0.276. The van der Waals surface area contributed by atoms with Crippen molar-refractivity contribution in [2.24, 2.45) is 0 Å². The van der Waals surface area contributed by atoms with Crippen molar-refractivity contribution in [2.45, 2.75) is 31.8 Å². The molecule has 118 valence electrons. The van der Waals surface area contributed by atoms with Crippen LogP contribution < -0.4 is 4.74 Å². The highest BCUT2D eigenvalue weighted by Gasteiger charge is 2.42. The molecular formula is C17H21NO4. The Morgan fingerprint density at radius 3 is 2.77 bits per heavy atom. The third kappa shape index (κ3) is 2.99. The van der Waals surface area contributed by atoms with Gasteiger partial charge in [-0.15, -0.1) is 0 Å². The van der Waals surface area contributed by atoms with Crippen molar-refractivity contribution in [3.63, 3.8) is 0 Å². The molecule has 2 aliphatic rings. The second-order valence-electron chi connectivity index (χ2n) is 5.96. The number of likely N-dealkylation sites (tertiary alicyclic amines) is 1. The molecule has 1 fully saturated rings. The summed E-state index contributed by atoms with van der Waals surface area (Å²) in [4.78, 5) is 25.9. The molecule has 2 aliphatic heterocycles.